The molecule has 8 heteroatoms. The second-order valence-corrected chi connectivity index (χ2v) is 6.17. The fourth-order valence-electron chi connectivity index (χ4n) is 2.77. The van der Waals surface area contributed by atoms with Crippen molar-refractivity contribution in [3.63, 3.8) is 0 Å². The number of pyridine rings is 1. The lowest BCUT2D eigenvalue weighted by atomic mass is 10.1. The van der Waals surface area contributed by atoms with Gasteiger partial charge in [0, 0.05) is 30.1 Å². The van der Waals surface area contributed by atoms with Gasteiger partial charge in [0.05, 0.1) is 24.8 Å². The molecule has 0 spiro atoms. The number of methoxy groups -OCH3 is 1. The minimum absolute atomic E-state index is 0.0962. The first-order valence-electron chi connectivity index (χ1n) is 8.82. The number of esters is 1. The van der Waals surface area contributed by atoms with Gasteiger partial charge in [0.25, 0.3) is 5.88 Å². The molecular formula is C21H16N2O6. The van der Waals surface area contributed by atoms with E-state index >= 15 is 0 Å². The van der Waals surface area contributed by atoms with Gasteiger partial charge < -0.3 is 18.4 Å². The summed E-state index contributed by atoms with van der Waals surface area (Å²) in [5, 5.41) is 4.37. The van der Waals surface area contributed by atoms with Gasteiger partial charge in [-0.05, 0) is 35.5 Å². The van der Waals surface area contributed by atoms with Crippen molar-refractivity contribution in [1.29, 1.82) is 0 Å². The molecule has 0 aliphatic carbocycles. The Morgan fingerprint density at radius 2 is 2.03 bits per heavy atom. The Morgan fingerprint density at radius 3 is 2.79 bits per heavy atom. The van der Waals surface area contributed by atoms with Crippen molar-refractivity contribution in [2.75, 3.05) is 7.11 Å². The third-order valence-electron chi connectivity index (χ3n) is 4.20. The summed E-state index contributed by atoms with van der Waals surface area (Å²) in [7, 11) is 1.48. The Kier molecular flexibility index (Phi) is 5.07. The van der Waals surface area contributed by atoms with E-state index < -0.39 is 11.6 Å². The van der Waals surface area contributed by atoms with Gasteiger partial charge in [0.15, 0.2) is 0 Å². The average Bonchev–Trinajstić information content (AvgIpc) is 3.20. The van der Waals surface area contributed by atoms with E-state index in [-0.39, 0.29) is 12.2 Å². The Morgan fingerprint density at radius 1 is 1.14 bits per heavy atom. The molecule has 0 fully saturated rings. The number of fused-ring (bicyclic) bond motifs is 1. The number of benzene rings is 1. The van der Waals surface area contributed by atoms with Crippen molar-refractivity contribution < 1.29 is 23.2 Å². The van der Waals surface area contributed by atoms with E-state index in [9.17, 15) is 9.59 Å². The highest BCUT2D eigenvalue weighted by molar-refractivity contribution is 5.83. The zero-order valence-electron chi connectivity index (χ0n) is 15.5. The zero-order valence-corrected chi connectivity index (χ0v) is 15.5. The minimum atomic E-state index is -0.515. The predicted molar refractivity (Wildman–Crippen MR) is 103 cm³/mol. The van der Waals surface area contributed by atoms with Gasteiger partial charge in [0.2, 0.25) is 0 Å². The van der Waals surface area contributed by atoms with E-state index in [0.29, 0.717) is 40.3 Å². The van der Waals surface area contributed by atoms with Gasteiger partial charge in [-0.2, -0.15) is 0 Å². The molecule has 0 saturated carbocycles. The summed E-state index contributed by atoms with van der Waals surface area (Å²) in [6.45, 7) is 0. The number of aromatic nitrogens is 2. The van der Waals surface area contributed by atoms with E-state index in [1.807, 2.05) is 0 Å². The highest BCUT2D eigenvalue weighted by Crippen LogP contribution is 2.24. The van der Waals surface area contributed by atoms with E-state index in [2.05, 4.69) is 10.1 Å². The molecule has 4 rings (SSSR count). The fraction of sp³-hybridized carbons (Fsp3) is 0.143. The van der Waals surface area contributed by atoms with Crippen LogP contribution in [0.5, 0.6) is 11.6 Å². The largest absolute Gasteiger partial charge is 0.479 e. The molecule has 0 saturated heterocycles. The van der Waals surface area contributed by atoms with Crippen LogP contribution in [0.15, 0.2) is 68.5 Å². The molecule has 0 radical (unpaired) electrons. The van der Waals surface area contributed by atoms with E-state index in [0.717, 1.165) is 0 Å². The molecule has 0 aliphatic heterocycles. The lowest BCUT2D eigenvalue weighted by molar-refractivity contribution is -0.134. The van der Waals surface area contributed by atoms with Crippen molar-refractivity contribution in [2.45, 2.75) is 12.8 Å². The maximum Gasteiger partial charge on any atom is 0.345 e. The van der Waals surface area contributed by atoms with Gasteiger partial charge in [-0.15, -0.1) is 0 Å². The number of hydrogen-bond acceptors (Lipinski definition) is 8. The summed E-state index contributed by atoms with van der Waals surface area (Å²) in [4.78, 5) is 28.6. The molecular weight excluding hydrogens is 376 g/mol. The maximum absolute atomic E-state index is 12.3. The van der Waals surface area contributed by atoms with Crippen LogP contribution in [0.3, 0.4) is 0 Å². The smallest absolute Gasteiger partial charge is 0.345 e. The van der Waals surface area contributed by atoms with E-state index in [1.54, 1.807) is 48.7 Å². The first-order chi connectivity index (χ1) is 14.1. The molecule has 3 aromatic heterocycles. The standard InChI is InChI=1S/C21H16N2O6/c1-26-19-12-15(29-23-19)7-8-20(24)27-14-6-5-13-10-16(17-4-2-3-9-22-17)21(25)28-18(13)11-14/h2-6,9-12H,7-8H2,1H3. The van der Waals surface area contributed by atoms with Crippen LogP contribution < -0.4 is 15.1 Å². The van der Waals surface area contributed by atoms with Crippen LogP contribution in [0.2, 0.25) is 0 Å². The molecule has 29 heavy (non-hydrogen) atoms. The normalized spacial score (nSPS) is 10.8. The average molecular weight is 392 g/mol. The van der Waals surface area contributed by atoms with Crippen LogP contribution in [-0.4, -0.2) is 23.2 Å². The molecule has 0 unspecified atom stereocenters. The van der Waals surface area contributed by atoms with E-state index in [1.165, 1.54) is 13.2 Å². The molecule has 0 N–H and O–H groups in total. The van der Waals surface area contributed by atoms with Crippen LogP contribution in [0.25, 0.3) is 22.2 Å². The first kappa shape index (κ1) is 18.4. The Bertz CT molecular complexity index is 1210. The topological polar surface area (TPSA) is 105 Å². The van der Waals surface area contributed by atoms with Crippen LogP contribution >= 0.6 is 0 Å². The molecule has 146 valence electrons. The van der Waals surface area contributed by atoms with Gasteiger partial charge in [0.1, 0.15) is 17.1 Å². The number of aryl methyl sites for hydroxylation is 1. The summed E-state index contributed by atoms with van der Waals surface area (Å²) >= 11 is 0. The van der Waals surface area contributed by atoms with Crippen LogP contribution in [0.4, 0.5) is 0 Å². The second-order valence-electron chi connectivity index (χ2n) is 6.17. The van der Waals surface area contributed by atoms with Crippen molar-refractivity contribution in [3.8, 4) is 22.9 Å². The lowest BCUT2D eigenvalue weighted by Gasteiger charge is -2.06. The summed E-state index contributed by atoms with van der Waals surface area (Å²) in [5.74, 6) is 0.701. The number of carbonyl (C=O) groups is 1. The second kappa shape index (κ2) is 7.97. The highest BCUT2D eigenvalue weighted by Gasteiger charge is 2.12. The minimum Gasteiger partial charge on any atom is -0.479 e. The third-order valence-corrected chi connectivity index (χ3v) is 4.20. The Labute approximate surface area is 164 Å². The maximum atomic E-state index is 12.3. The van der Waals surface area contributed by atoms with Gasteiger partial charge in [-0.3, -0.25) is 9.78 Å². The molecule has 0 bridgehead atoms. The number of ether oxygens (including phenoxy) is 2. The molecule has 0 aliphatic rings. The van der Waals surface area contributed by atoms with Crippen molar-refractivity contribution in [1.82, 2.24) is 10.1 Å². The molecule has 1 aromatic carbocycles. The summed E-state index contributed by atoms with van der Waals surface area (Å²) in [6.07, 6.45) is 2.03. The first-order valence-corrected chi connectivity index (χ1v) is 8.82. The van der Waals surface area contributed by atoms with Crippen molar-refractivity contribution in [3.05, 3.63) is 70.9 Å². The monoisotopic (exact) mass is 392 g/mol. The van der Waals surface area contributed by atoms with E-state index in [4.69, 9.17) is 18.4 Å². The van der Waals surface area contributed by atoms with Crippen LogP contribution in [-0.2, 0) is 11.2 Å². The Hall–Kier alpha value is -3.94. The molecule has 0 amide bonds. The quantitative estimate of drug-likeness (QED) is 0.279. The Balaban J connectivity index is 1.48. The van der Waals surface area contributed by atoms with Gasteiger partial charge in [-0.1, -0.05) is 6.07 Å². The van der Waals surface area contributed by atoms with Gasteiger partial charge >= 0.3 is 11.6 Å². The zero-order chi connectivity index (χ0) is 20.2. The molecule has 4 aromatic rings. The summed E-state index contributed by atoms with van der Waals surface area (Å²) < 4.78 is 20.7. The molecule has 3 heterocycles. The third kappa shape index (κ3) is 4.16. The fourth-order valence-corrected chi connectivity index (χ4v) is 2.77. The summed E-state index contributed by atoms with van der Waals surface area (Å²) in [5.41, 5.74) is 0.701. The predicted octanol–water partition coefficient (Wildman–Crippen LogP) is 3.39. The SMILES string of the molecule is COc1cc(CCC(=O)Oc2ccc3cc(-c4ccccn4)c(=O)oc3c2)on1. The van der Waals surface area contributed by atoms with Crippen molar-refractivity contribution >= 4 is 16.9 Å². The van der Waals surface area contributed by atoms with Crippen LogP contribution in [0.1, 0.15) is 12.2 Å². The van der Waals surface area contributed by atoms with Crippen molar-refractivity contribution in [2.24, 2.45) is 0 Å². The molecule has 8 nitrogen and oxygen atoms in total. The number of carbonyl (C=O) groups excluding carboxylic acids is 1. The highest BCUT2D eigenvalue weighted by atomic mass is 16.5. The lowest BCUT2D eigenvalue weighted by Crippen LogP contribution is -2.09. The number of nitrogens with zero attached hydrogens (tertiary/aromatic N) is 2. The summed E-state index contributed by atoms with van der Waals surface area (Å²) in [6, 6.07) is 13.5. The number of rotatable bonds is 6. The molecule has 0 atom stereocenters. The number of hydrogen-bond donors (Lipinski definition) is 0. The van der Waals surface area contributed by atoms with Crippen LogP contribution in [0, 0.1) is 0 Å². The van der Waals surface area contributed by atoms with Gasteiger partial charge in [-0.25, -0.2) is 4.79 Å².